The maximum absolute atomic E-state index is 11.6. The lowest BCUT2D eigenvalue weighted by Crippen LogP contribution is -2.26. The van der Waals surface area contributed by atoms with Crippen LogP contribution in [0, 0.1) is 0 Å². The number of benzene rings is 1. The molecule has 1 rings (SSSR count). The minimum absolute atomic E-state index is 0.00974. The molecule has 1 N–H and O–H groups in total. The van der Waals surface area contributed by atoms with Gasteiger partial charge in [-0.05, 0) is 24.5 Å². The molecule has 0 unspecified atom stereocenters. The first-order chi connectivity index (χ1) is 8.24. The Morgan fingerprint density at radius 1 is 1.35 bits per heavy atom. The third-order valence-electron chi connectivity index (χ3n) is 2.41. The van der Waals surface area contributed by atoms with Crippen LogP contribution in [-0.4, -0.2) is 26.2 Å². The van der Waals surface area contributed by atoms with Crippen molar-refractivity contribution in [3.8, 4) is 0 Å². The van der Waals surface area contributed by atoms with Crippen molar-refractivity contribution < 1.29 is 9.53 Å². The van der Waals surface area contributed by atoms with Crippen LogP contribution in [0.2, 0.25) is 5.02 Å². The molecule has 0 saturated heterocycles. The SMILES string of the molecule is COCCCCNC(=O)Cc1ccccc1Cl. The van der Waals surface area contributed by atoms with Gasteiger partial charge in [0.15, 0.2) is 0 Å². The predicted octanol–water partition coefficient (Wildman–Crippen LogP) is 2.43. The average Bonchev–Trinajstić information content (AvgIpc) is 2.32. The van der Waals surface area contributed by atoms with E-state index in [0.29, 0.717) is 18.0 Å². The molecule has 0 spiro atoms. The van der Waals surface area contributed by atoms with E-state index in [1.165, 1.54) is 0 Å². The quantitative estimate of drug-likeness (QED) is 0.760. The van der Waals surface area contributed by atoms with Crippen LogP contribution in [0.15, 0.2) is 24.3 Å². The van der Waals surface area contributed by atoms with Crippen LogP contribution in [-0.2, 0) is 16.0 Å². The number of amides is 1. The lowest BCUT2D eigenvalue weighted by Gasteiger charge is -2.06. The third-order valence-corrected chi connectivity index (χ3v) is 2.77. The number of carbonyl (C=O) groups excluding carboxylic acids is 1. The van der Waals surface area contributed by atoms with Gasteiger partial charge in [0.25, 0.3) is 0 Å². The zero-order valence-corrected chi connectivity index (χ0v) is 10.8. The van der Waals surface area contributed by atoms with E-state index in [-0.39, 0.29) is 5.91 Å². The molecule has 0 aliphatic rings. The van der Waals surface area contributed by atoms with E-state index in [0.717, 1.165) is 25.0 Å². The molecule has 0 bridgehead atoms. The highest BCUT2D eigenvalue weighted by atomic mass is 35.5. The summed E-state index contributed by atoms with van der Waals surface area (Å²) in [6.45, 7) is 1.42. The minimum Gasteiger partial charge on any atom is -0.385 e. The largest absolute Gasteiger partial charge is 0.385 e. The first-order valence-corrected chi connectivity index (χ1v) is 6.11. The summed E-state index contributed by atoms with van der Waals surface area (Å²) in [5, 5.41) is 3.50. The van der Waals surface area contributed by atoms with Gasteiger partial charge in [-0.2, -0.15) is 0 Å². The Hall–Kier alpha value is -1.06. The van der Waals surface area contributed by atoms with Crippen molar-refractivity contribution in [1.29, 1.82) is 0 Å². The Labute approximate surface area is 107 Å². The van der Waals surface area contributed by atoms with Crippen molar-refractivity contribution in [2.24, 2.45) is 0 Å². The average molecular weight is 256 g/mol. The topological polar surface area (TPSA) is 38.3 Å². The predicted molar refractivity (Wildman–Crippen MR) is 69.3 cm³/mol. The van der Waals surface area contributed by atoms with Gasteiger partial charge in [-0.25, -0.2) is 0 Å². The summed E-state index contributed by atoms with van der Waals surface area (Å²) >= 11 is 5.97. The fraction of sp³-hybridized carbons (Fsp3) is 0.462. The van der Waals surface area contributed by atoms with Gasteiger partial charge in [0.2, 0.25) is 5.91 Å². The molecule has 0 heterocycles. The van der Waals surface area contributed by atoms with Crippen molar-refractivity contribution in [3.63, 3.8) is 0 Å². The van der Waals surface area contributed by atoms with Crippen LogP contribution in [0.4, 0.5) is 0 Å². The van der Waals surface area contributed by atoms with E-state index >= 15 is 0 Å². The number of ether oxygens (including phenoxy) is 1. The second-order valence-electron chi connectivity index (χ2n) is 3.82. The van der Waals surface area contributed by atoms with E-state index in [1.54, 1.807) is 13.2 Å². The van der Waals surface area contributed by atoms with Gasteiger partial charge in [-0.15, -0.1) is 0 Å². The maximum Gasteiger partial charge on any atom is 0.224 e. The first-order valence-electron chi connectivity index (χ1n) is 5.73. The van der Waals surface area contributed by atoms with Gasteiger partial charge in [0.05, 0.1) is 6.42 Å². The van der Waals surface area contributed by atoms with Gasteiger partial charge in [0, 0.05) is 25.3 Å². The van der Waals surface area contributed by atoms with E-state index in [1.807, 2.05) is 18.2 Å². The van der Waals surface area contributed by atoms with E-state index in [2.05, 4.69) is 5.32 Å². The van der Waals surface area contributed by atoms with Gasteiger partial charge in [-0.1, -0.05) is 29.8 Å². The Bertz CT molecular complexity index is 355. The molecule has 1 aromatic carbocycles. The zero-order valence-electron chi connectivity index (χ0n) is 10.0. The van der Waals surface area contributed by atoms with Crippen LogP contribution in [0.1, 0.15) is 18.4 Å². The third kappa shape index (κ3) is 5.71. The van der Waals surface area contributed by atoms with Gasteiger partial charge < -0.3 is 10.1 Å². The second-order valence-corrected chi connectivity index (χ2v) is 4.23. The van der Waals surface area contributed by atoms with Crippen molar-refractivity contribution in [2.75, 3.05) is 20.3 Å². The van der Waals surface area contributed by atoms with E-state index in [4.69, 9.17) is 16.3 Å². The molecule has 17 heavy (non-hydrogen) atoms. The number of carbonyl (C=O) groups is 1. The number of hydrogen-bond acceptors (Lipinski definition) is 2. The molecule has 0 aliphatic carbocycles. The summed E-state index contributed by atoms with van der Waals surface area (Å²) < 4.78 is 4.93. The molecule has 0 saturated carbocycles. The number of unbranched alkanes of at least 4 members (excludes halogenated alkanes) is 1. The van der Waals surface area contributed by atoms with Crippen LogP contribution < -0.4 is 5.32 Å². The van der Waals surface area contributed by atoms with E-state index in [9.17, 15) is 4.79 Å². The molecule has 0 fully saturated rings. The standard InChI is InChI=1S/C13H18ClNO2/c1-17-9-5-4-8-15-13(16)10-11-6-2-3-7-12(11)14/h2-3,6-7H,4-5,8-10H2,1H3,(H,15,16). The molecule has 0 aromatic heterocycles. The van der Waals surface area contributed by atoms with Crippen LogP contribution in [0.25, 0.3) is 0 Å². The summed E-state index contributed by atoms with van der Waals surface area (Å²) in [7, 11) is 1.68. The molecule has 0 aliphatic heterocycles. The van der Waals surface area contributed by atoms with Crippen molar-refractivity contribution >= 4 is 17.5 Å². The number of nitrogens with one attached hydrogen (secondary N) is 1. The summed E-state index contributed by atoms with van der Waals surface area (Å²) in [6.07, 6.45) is 2.23. The highest BCUT2D eigenvalue weighted by Crippen LogP contribution is 2.15. The summed E-state index contributed by atoms with van der Waals surface area (Å²) in [5.74, 6) is 0.00974. The monoisotopic (exact) mass is 255 g/mol. The fourth-order valence-corrected chi connectivity index (χ4v) is 1.68. The number of methoxy groups -OCH3 is 1. The lowest BCUT2D eigenvalue weighted by atomic mass is 10.1. The molecular formula is C13H18ClNO2. The first kappa shape index (κ1) is 14.0. The molecule has 3 nitrogen and oxygen atoms in total. The highest BCUT2D eigenvalue weighted by Gasteiger charge is 2.05. The Morgan fingerprint density at radius 2 is 2.12 bits per heavy atom. The Morgan fingerprint density at radius 3 is 2.82 bits per heavy atom. The van der Waals surface area contributed by atoms with Crippen LogP contribution in [0.5, 0.6) is 0 Å². The minimum atomic E-state index is 0.00974. The smallest absolute Gasteiger partial charge is 0.224 e. The van der Waals surface area contributed by atoms with Crippen molar-refractivity contribution in [1.82, 2.24) is 5.32 Å². The Kier molecular flexibility index (Phi) is 6.67. The molecule has 0 radical (unpaired) electrons. The molecule has 1 aromatic rings. The zero-order chi connectivity index (χ0) is 12.5. The summed E-state index contributed by atoms with van der Waals surface area (Å²) in [4.78, 5) is 11.6. The van der Waals surface area contributed by atoms with Crippen molar-refractivity contribution in [2.45, 2.75) is 19.3 Å². The number of hydrogen-bond donors (Lipinski definition) is 1. The normalized spacial score (nSPS) is 10.2. The van der Waals surface area contributed by atoms with Crippen LogP contribution in [0.3, 0.4) is 0 Å². The summed E-state index contributed by atoms with van der Waals surface area (Å²) in [6, 6.07) is 7.40. The molecule has 4 heteroatoms. The summed E-state index contributed by atoms with van der Waals surface area (Å²) in [5.41, 5.74) is 0.864. The number of halogens is 1. The second kappa shape index (κ2) is 8.09. The van der Waals surface area contributed by atoms with Crippen molar-refractivity contribution in [3.05, 3.63) is 34.9 Å². The molecular weight excluding hydrogens is 238 g/mol. The lowest BCUT2D eigenvalue weighted by molar-refractivity contribution is -0.120. The highest BCUT2D eigenvalue weighted by molar-refractivity contribution is 6.31. The maximum atomic E-state index is 11.6. The molecule has 94 valence electrons. The number of rotatable bonds is 7. The van der Waals surface area contributed by atoms with Crippen LogP contribution >= 0.6 is 11.6 Å². The van der Waals surface area contributed by atoms with Gasteiger partial charge >= 0.3 is 0 Å². The van der Waals surface area contributed by atoms with Gasteiger partial charge in [0.1, 0.15) is 0 Å². The molecule has 0 atom stereocenters. The van der Waals surface area contributed by atoms with Gasteiger partial charge in [-0.3, -0.25) is 4.79 Å². The molecule has 1 amide bonds. The Balaban J connectivity index is 2.23. The fourth-order valence-electron chi connectivity index (χ4n) is 1.48. The van der Waals surface area contributed by atoms with E-state index < -0.39 is 0 Å².